The maximum Gasteiger partial charge on any atom is 0.257 e. The van der Waals surface area contributed by atoms with Crippen molar-refractivity contribution in [2.75, 3.05) is 33.9 Å². The first kappa shape index (κ1) is 29.9. The van der Waals surface area contributed by atoms with Crippen molar-refractivity contribution < 1.29 is 23.4 Å². The Morgan fingerprint density at radius 2 is 1.62 bits per heavy atom. The number of nitrogens with zero attached hydrogens (tertiary/aromatic N) is 2. The van der Waals surface area contributed by atoms with Crippen LogP contribution in [0.3, 0.4) is 0 Å². The number of hydrogen-bond donors (Lipinski definition) is 0. The van der Waals surface area contributed by atoms with Crippen LogP contribution in [0.4, 0.5) is 4.39 Å². The van der Waals surface area contributed by atoms with Crippen LogP contribution in [0.25, 0.3) is 0 Å². The van der Waals surface area contributed by atoms with Crippen molar-refractivity contribution in [2.24, 2.45) is 11.8 Å². The third-order valence-corrected chi connectivity index (χ3v) is 8.69. The highest BCUT2D eigenvalue weighted by atomic mass is 19.1. The summed E-state index contributed by atoms with van der Waals surface area (Å²) in [5, 5.41) is 0. The molecule has 224 valence electrons. The average molecular weight is 575 g/mol. The van der Waals surface area contributed by atoms with Gasteiger partial charge >= 0.3 is 0 Å². The highest BCUT2D eigenvalue weighted by Crippen LogP contribution is 2.38. The number of amides is 1. The SMILES string of the molecule is CC(CCOc1cccc(OCCN(C)C)c1)C1CCC(N2Cc3ccc(OCc4ccccc4)c(F)c3C2=O)CC1. The van der Waals surface area contributed by atoms with Crippen LogP contribution in [-0.4, -0.2) is 55.6 Å². The van der Waals surface area contributed by atoms with Gasteiger partial charge in [0, 0.05) is 25.2 Å². The van der Waals surface area contributed by atoms with Crippen molar-refractivity contribution in [1.82, 2.24) is 9.80 Å². The zero-order valence-electron chi connectivity index (χ0n) is 25.1. The Hall–Kier alpha value is -3.58. The number of likely N-dealkylation sites (N-methyl/N-ethyl adjacent to an activating group) is 1. The van der Waals surface area contributed by atoms with Crippen molar-refractivity contribution in [2.45, 2.75) is 58.2 Å². The number of hydrogen-bond acceptors (Lipinski definition) is 5. The molecule has 1 amide bonds. The van der Waals surface area contributed by atoms with Crippen LogP contribution in [0.15, 0.2) is 66.7 Å². The highest BCUT2D eigenvalue weighted by molar-refractivity contribution is 5.99. The summed E-state index contributed by atoms with van der Waals surface area (Å²) < 4.78 is 33.0. The monoisotopic (exact) mass is 574 g/mol. The molecule has 0 N–H and O–H groups in total. The van der Waals surface area contributed by atoms with E-state index in [2.05, 4.69) is 11.8 Å². The summed E-state index contributed by atoms with van der Waals surface area (Å²) in [6.45, 7) is 5.21. The first-order valence-corrected chi connectivity index (χ1v) is 15.2. The van der Waals surface area contributed by atoms with Gasteiger partial charge in [-0.2, -0.15) is 0 Å². The van der Waals surface area contributed by atoms with Gasteiger partial charge in [-0.25, -0.2) is 4.39 Å². The average Bonchev–Trinajstić information content (AvgIpc) is 3.34. The van der Waals surface area contributed by atoms with E-state index in [-0.39, 0.29) is 29.9 Å². The zero-order valence-corrected chi connectivity index (χ0v) is 25.1. The number of benzene rings is 3. The summed E-state index contributed by atoms with van der Waals surface area (Å²) in [6, 6.07) is 21.1. The normalized spacial score (nSPS) is 19.1. The third-order valence-electron chi connectivity index (χ3n) is 8.69. The van der Waals surface area contributed by atoms with Gasteiger partial charge in [-0.1, -0.05) is 49.4 Å². The fourth-order valence-electron chi connectivity index (χ4n) is 6.08. The second kappa shape index (κ2) is 14.1. The molecule has 0 radical (unpaired) electrons. The standard InChI is InChI=1S/C35H43FN2O4/c1-25(18-20-40-30-10-7-11-31(22-30)41-21-19-37(2)3)27-12-15-29(16-13-27)38-23-28-14-17-32(34(36)33(28)35(38)39)42-24-26-8-5-4-6-9-26/h4-11,14,17,22,25,27,29H,12-13,15-16,18-21,23-24H2,1-3H3. The Kier molecular flexibility index (Phi) is 10.0. The molecule has 5 rings (SSSR count). The first-order chi connectivity index (χ1) is 20.4. The molecule has 6 nitrogen and oxygen atoms in total. The summed E-state index contributed by atoms with van der Waals surface area (Å²) in [5.41, 5.74) is 1.89. The first-order valence-electron chi connectivity index (χ1n) is 15.2. The number of rotatable bonds is 13. The summed E-state index contributed by atoms with van der Waals surface area (Å²) in [4.78, 5) is 17.3. The van der Waals surface area contributed by atoms with Crippen molar-refractivity contribution in [3.05, 3.63) is 89.2 Å². The van der Waals surface area contributed by atoms with Gasteiger partial charge in [0.1, 0.15) is 24.7 Å². The topological polar surface area (TPSA) is 51.2 Å². The smallest absolute Gasteiger partial charge is 0.257 e. The van der Waals surface area contributed by atoms with Gasteiger partial charge < -0.3 is 24.0 Å². The van der Waals surface area contributed by atoms with E-state index in [0.29, 0.717) is 31.6 Å². The lowest BCUT2D eigenvalue weighted by molar-refractivity contribution is 0.0607. The molecule has 0 spiro atoms. The molecule has 1 unspecified atom stereocenters. The summed E-state index contributed by atoms with van der Waals surface area (Å²) >= 11 is 0. The van der Waals surface area contributed by atoms with E-state index in [1.807, 2.05) is 79.7 Å². The van der Waals surface area contributed by atoms with E-state index in [1.165, 1.54) is 0 Å². The van der Waals surface area contributed by atoms with Crippen molar-refractivity contribution >= 4 is 5.91 Å². The molecule has 1 fully saturated rings. The molecular formula is C35H43FN2O4. The summed E-state index contributed by atoms with van der Waals surface area (Å²) in [6.07, 6.45) is 5.00. The second-order valence-electron chi connectivity index (χ2n) is 11.9. The Bertz CT molecular complexity index is 1320. The van der Waals surface area contributed by atoms with Crippen LogP contribution in [0.2, 0.25) is 0 Å². The predicted octanol–water partition coefficient (Wildman–Crippen LogP) is 6.96. The van der Waals surface area contributed by atoms with E-state index in [9.17, 15) is 4.79 Å². The molecule has 2 aliphatic rings. The summed E-state index contributed by atoms with van der Waals surface area (Å²) in [7, 11) is 4.06. The Labute approximate surface area is 249 Å². The minimum absolute atomic E-state index is 0.135. The van der Waals surface area contributed by atoms with Crippen molar-refractivity contribution in [1.29, 1.82) is 0 Å². The van der Waals surface area contributed by atoms with Crippen LogP contribution < -0.4 is 14.2 Å². The number of halogens is 1. The third kappa shape index (κ3) is 7.43. The Balaban J connectivity index is 1.07. The molecule has 1 saturated carbocycles. The van der Waals surface area contributed by atoms with Crippen LogP contribution in [0, 0.1) is 17.7 Å². The van der Waals surface area contributed by atoms with Gasteiger partial charge in [0.25, 0.3) is 5.91 Å². The number of ether oxygens (including phenoxy) is 3. The molecular weight excluding hydrogens is 531 g/mol. The Morgan fingerprint density at radius 1 is 0.905 bits per heavy atom. The number of fused-ring (bicyclic) bond motifs is 1. The lowest BCUT2D eigenvalue weighted by Gasteiger charge is -2.36. The van der Waals surface area contributed by atoms with E-state index < -0.39 is 5.82 Å². The molecule has 1 atom stereocenters. The molecule has 3 aromatic carbocycles. The van der Waals surface area contributed by atoms with E-state index in [1.54, 1.807) is 6.07 Å². The summed E-state index contributed by atoms with van der Waals surface area (Å²) in [5.74, 6) is 2.18. The van der Waals surface area contributed by atoms with E-state index in [4.69, 9.17) is 14.2 Å². The lowest BCUT2D eigenvalue weighted by atomic mass is 9.77. The fourth-order valence-corrected chi connectivity index (χ4v) is 6.08. The number of carbonyl (C=O) groups is 1. The van der Waals surface area contributed by atoms with Gasteiger partial charge in [0.05, 0.1) is 12.2 Å². The molecule has 1 heterocycles. The molecule has 0 aromatic heterocycles. The molecule has 0 saturated heterocycles. The van der Waals surface area contributed by atoms with Crippen LogP contribution >= 0.6 is 0 Å². The molecule has 1 aliphatic heterocycles. The van der Waals surface area contributed by atoms with E-state index >= 15 is 4.39 Å². The van der Waals surface area contributed by atoms with Crippen LogP contribution in [0.5, 0.6) is 17.2 Å². The number of carbonyl (C=O) groups excluding carboxylic acids is 1. The maximum atomic E-state index is 15.4. The van der Waals surface area contributed by atoms with Crippen LogP contribution in [-0.2, 0) is 13.2 Å². The van der Waals surface area contributed by atoms with Gasteiger partial charge in [-0.05, 0) is 87.4 Å². The zero-order chi connectivity index (χ0) is 29.5. The quantitative estimate of drug-likeness (QED) is 0.221. The van der Waals surface area contributed by atoms with Gasteiger partial charge in [0.2, 0.25) is 0 Å². The molecule has 0 bridgehead atoms. The molecule has 7 heteroatoms. The largest absolute Gasteiger partial charge is 0.493 e. The minimum atomic E-state index is -0.538. The van der Waals surface area contributed by atoms with Gasteiger partial charge in [-0.3, -0.25) is 4.79 Å². The second-order valence-corrected chi connectivity index (χ2v) is 11.9. The fraction of sp³-hybridized carbons (Fsp3) is 0.457. The van der Waals surface area contributed by atoms with Crippen molar-refractivity contribution in [3.8, 4) is 17.2 Å². The lowest BCUT2D eigenvalue weighted by Crippen LogP contribution is -2.39. The molecule has 3 aromatic rings. The van der Waals surface area contributed by atoms with Gasteiger partial charge in [-0.15, -0.1) is 0 Å². The Morgan fingerprint density at radius 3 is 2.33 bits per heavy atom. The highest BCUT2D eigenvalue weighted by Gasteiger charge is 2.38. The van der Waals surface area contributed by atoms with Crippen molar-refractivity contribution in [3.63, 3.8) is 0 Å². The maximum absolute atomic E-state index is 15.4. The van der Waals surface area contributed by atoms with Crippen LogP contribution in [0.1, 0.15) is 60.5 Å². The minimum Gasteiger partial charge on any atom is -0.493 e. The predicted molar refractivity (Wildman–Crippen MR) is 163 cm³/mol. The van der Waals surface area contributed by atoms with Gasteiger partial charge in [0.15, 0.2) is 11.6 Å². The molecule has 1 aliphatic carbocycles. The molecule has 42 heavy (non-hydrogen) atoms. The van der Waals surface area contributed by atoms with E-state index in [0.717, 1.165) is 61.3 Å².